The molecule has 1 aliphatic rings. The van der Waals surface area contributed by atoms with Crippen molar-refractivity contribution in [3.8, 4) is 0 Å². The SMILES string of the molecule is COC(=O)C(C)N1CCOCC1C(N)=O. The summed E-state index contributed by atoms with van der Waals surface area (Å²) < 4.78 is 9.76. The van der Waals surface area contributed by atoms with Crippen LogP contribution in [-0.2, 0) is 19.1 Å². The largest absolute Gasteiger partial charge is 0.468 e. The van der Waals surface area contributed by atoms with Crippen molar-refractivity contribution in [3.05, 3.63) is 0 Å². The number of hydrogen-bond acceptors (Lipinski definition) is 5. The number of hydrogen-bond donors (Lipinski definition) is 1. The molecule has 1 fully saturated rings. The Morgan fingerprint density at radius 3 is 2.80 bits per heavy atom. The monoisotopic (exact) mass is 216 g/mol. The van der Waals surface area contributed by atoms with E-state index in [1.165, 1.54) is 7.11 Å². The number of carbonyl (C=O) groups excluding carboxylic acids is 2. The molecule has 6 heteroatoms. The minimum Gasteiger partial charge on any atom is -0.468 e. The van der Waals surface area contributed by atoms with Gasteiger partial charge in [-0.25, -0.2) is 0 Å². The van der Waals surface area contributed by atoms with E-state index in [4.69, 9.17) is 10.5 Å². The molecule has 0 bridgehead atoms. The minimum absolute atomic E-state index is 0.233. The van der Waals surface area contributed by atoms with E-state index >= 15 is 0 Å². The highest BCUT2D eigenvalue weighted by Gasteiger charge is 2.34. The van der Waals surface area contributed by atoms with Gasteiger partial charge in [-0.3, -0.25) is 14.5 Å². The number of morpholine rings is 1. The van der Waals surface area contributed by atoms with Crippen LogP contribution in [0, 0.1) is 0 Å². The Morgan fingerprint density at radius 1 is 1.60 bits per heavy atom. The van der Waals surface area contributed by atoms with Gasteiger partial charge in [-0.1, -0.05) is 0 Å². The number of methoxy groups -OCH3 is 1. The highest BCUT2D eigenvalue weighted by Crippen LogP contribution is 2.11. The molecular formula is C9H16N2O4. The smallest absolute Gasteiger partial charge is 0.322 e. The summed E-state index contributed by atoms with van der Waals surface area (Å²) in [4.78, 5) is 24.2. The van der Waals surface area contributed by atoms with Crippen molar-refractivity contribution >= 4 is 11.9 Å². The lowest BCUT2D eigenvalue weighted by Gasteiger charge is -2.36. The molecule has 2 atom stereocenters. The number of esters is 1. The maximum atomic E-state index is 11.3. The molecule has 1 rings (SSSR count). The minimum atomic E-state index is -0.548. The lowest BCUT2D eigenvalue weighted by molar-refractivity contribution is -0.152. The average Bonchev–Trinajstić information content (AvgIpc) is 2.27. The molecule has 2 unspecified atom stereocenters. The lowest BCUT2D eigenvalue weighted by atomic mass is 10.1. The molecular weight excluding hydrogens is 200 g/mol. The number of rotatable bonds is 3. The second-order valence-corrected chi connectivity index (χ2v) is 3.43. The molecule has 0 aromatic heterocycles. The van der Waals surface area contributed by atoms with Crippen LogP contribution in [0.1, 0.15) is 6.92 Å². The van der Waals surface area contributed by atoms with Crippen LogP contribution in [0.2, 0.25) is 0 Å². The van der Waals surface area contributed by atoms with Crippen LogP contribution >= 0.6 is 0 Å². The predicted octanol–water partition coefficient (Wildman–Crippen LogP) is -1.27. The van der Waals surface area contributed by atoms with Crippen molar-refractivity contribution in [2.45, 2.75) is 19.0 Å². The second-order valence-electron chi connectivity index (χ2n) is 3.43. The van der Waals surface area contributed by atoms with Gasteiger partial charge in [-0.2, -0.15) is 0 Å². The average molecular weight is 216 g/mol. The summed E-state index contributed by atoms with van der Waals surface area (Å²) in [6.07, 6.45) is 0. The van der Waals surface area contributed by atoms with Crippen LogP contribution in [0.5, 0.6) is 0 Å². The topological polar surface area (TPSA) is 81.9 Å². The molecule has 0 aromatic rings. The van der Waals surface area contributed by atoms with Gasteiger partial charge < -0.3 is 15.2 Å². The predicted molar refractivity (Wildman–Crippen MR) is 52.0 cm³/mol. The Kier molecular flexibility index (Phi) is 4.05. The Hall–Kier alpha value is -1.14. The first-order valence-electron chi connectivity index (χ1n) is 4.78. The summed E-state index contributed by atoms with van der Waals surface area (Å²) in [6, 6.07) is -1.02. The van der Waals surface area contributed by atoms with E-state index in [1.807, 2.05) is 0 Å². The van der Waals surface area contributed by atoms with Gasteiger partial charge in [0, 0.05) is 6.54 Å². The lowest BCUT2D eigenvalue weighted by Crippen LogP contribution is -2.57. The molecule has 1 aliphatic heterocycles. The Morgan fingerprint density at radius 2 is 2.27 bits per heavy atom. The molecule has 0 aromatic carbocycles. The first-order valence-corrected chi connectivity index (χ1v) is 4.78. The van der Waals surface area contributed by atoms with E-state index in [1.54, 1.807) is 11.8 Å². The number of primary amides is 1. The van der Waals surface area contributed by atoms with E-state index in [0.717, 1.165) is 0 Å². The summed E-state index contributed by atoms with van der Waals surface area (Å²) >= 11 is 0. The van der Waals surface area contributed by atoms with E-state index in [9.17, 15) is 9.59 Å². The fraction of sp³-hybridized carbons (Fsp3) is 0.778. The fourth-order valence-electron chi connectivity index (χ4n) is 1.63. The molecule has 0 spiro atoms. The number of carbonyl (C=O) groups is 2. The molecule has 2 N–H and O–H groups in total. The van der Waals surface area contributed by atoms with Crippen LogP contribution in [0.3, 0.4) is 0 Å². The van der Waals surface area contributed by atoms with Gasteiger partial charge >= 0.3 is 5.97 Å². The molecule has 1 saturated heterocycles. The molecule has 1 heterocycles. The number of nitrogens with two attached hydrogens (primary N) is 1. The van der Waals surface area contributed by atoms with E-state index < -0.39 is 18.0 Å². The van der Waals surface area contributed by atoms with Crippen LogP contribution < -0.4 is 5.73 Å². The number of nitrogens with zero attached hydrogens (tertiary/aromatic N) is 1. The quantitative estimate of drug-likeness (QED) is 0.595. The molecule has 1 amide bonds. The Bertz CT molecular complexity index is 256. The molecule has 6 nitrogen and oxygen atoms in total. The molecule has 0 radical (unpaired) electrons. The summed E-state index contributed by atoms with van der Waals surface area (Å²) in [5.41, 5.74) is 5.22. The van der Waals surface area contributed by atoms with E-state index in [-0.39, 0.29) is 12.6 Å². The van der Waals surface area contributed by atoms with Crippen LogP contribution in [-0.4, -0.2) is 55.7 Å². The van der Waals surface area contributed by atoms with Gasteiger partial charge in [0.25, 0.3) is 0 Å². The van der Waals surface area contributed by atoms with E-state index in [0.29, 0.717) is 13.2 Å². The van der Waals surface area contributed by atoms with Gasteiger partial charge in [0.2, 0.25) is 5.91 Å². The molecule has 0 aliphatic carbocycles. The summed E-state index contributed by atoms with van der Waals surface area (Å²) in [6.45, 7) is 2.92. The third-order valence-electron chi connectivity index (χ3n) is 2.54. The van der Waals surface area contributed by atoms with Crippen LogP contribution in [0.4, 0.5) is 0 Å². The normalized spacial score (nSPS) is 24.5. The number of amides is 1. The van der Waals surface area contributed by atoms with Gasteiger partial charge in [0.15, 0.2) is 0 Å². The van der Waals surface area contributed by atoms with Gasteiger partial charge in [-0.05, 0) is 6.92 Å². The number of ether oxygens (including phenoxy) is 2. The maximum Gasteiger partial charge on any atom is 0.322 e. The standard InChI is InChI=1S/C9H16N2O4/c1-6(9(13)14-2)11-3-4-15-5-7(11)8(10)12/h6-7H,3-5H2,1-2H3,(H2,10,12). The fourth-order valence-corrected chi connectivity index (χ4v) is 1.63. The summed E-state index contributed by atoms with van der Waals surface area (Å²) in [5, 5.41) is 0. The molecule has 15 heavy (non-hydrogen) atoms. The van der Waals surface area contributed by atoms with Crippen molar-refractivity contribution < 1.29 is 19.1 Å². The zero-order chi connectivity index (χ0) is 11.4. The second kappa shape index (κ2) is 5.09. The first kappa shape index (κ1) is 11.9. The molecule has 0 saturated carbocycles. The van der Waals surface area contributed by atoms with Crippen molar-refractivity contribution in [1.29, 1.82) is 0 Å². The van der Waals surface area contributed by atoms with Crippen LogP contribution in [0.25, 0.3) is 0 Å². The zero-order valence-corrected chi connectivity index (χ0v) is 8.93. The van der Waals surface area contributed by atoms with Crippen molar-refractivity contribution in [2.75, 3.05) is 26.9 Å². The highest BCUT2D eigenvalue weighted by atomic mass is 16.5. The van der Waals surface area contributed by atoms with Gasteiger partial charge in [0.05, 0.1) is 20.3 Å². The highest BCUT2D eigenvalue weighted by molar-refractivity contribution is 5.82. The third kappa shape index (κ3) is 2.66. The zero-order valence-electron chi connectivity index (χ0n) is 8.93. The first-order chi connectivity index (χ1) is 7.07. The Labute approximate surface area is 88.3 Å². The van der Waals surface area contributed by atoms with Crippen LogP contribution in [0.15, 0.2) is 0 Å². The van der Waals surface area contributed by atoms with Gasteiger partial charge in [-0.15, -0.1) is 0 Å². The van der Waals surface area contributed by atoms with Crippen molar-refractivity contribution in [2.24, 2.45) is 5.73 Å². The summed E-state index contributed by atoms with van der Waals surface area (Å²) in [7, 11) is 1.32. The van der Waals surface area contributed by atoms with E-state index in [2.05, 4.69) is 4.74 Å². The summed E-state index contributed by atoms with van der Waals surface area (Å²) in [5.74, 6) is -0.853. The van der Waals surface area contributed by atoms with Crippen molar-refractivity contribution in [3.63, 3.8) is 0 Å². The maximum absolute atomic E-state index is 11.3. The third-order valence-corrected chi connectivity index (χ3v) is 2.54. The van der Waals surface area contributed by atoms with Gasteiger partial charge in [0.1, 0.15) is 12.1 Å². The Balaban J connectivity index is 2.71. The molecule has 86 valence electrons. The van der Waals surface area contributed by atoms with Crippen molar-refractivity contribution in [1.82, 2.24) is 4.90 Å².